The van der Waals surface area contributed by atoms with Crippen LogP contribution in [0.15, 0.2) is 66.2 Å². The predicted octanol–water partition coefficient (Wildman–Crippen LogP) is 1.58. The molecule has 13 heteroatoms. The van der Waals surface area contributed by atoms with Crippen LogP contribution in [0, 0.1) is 0 Å². The van der Waals surface area contributed by atoms with E-state index in [-0.39, 0.29) is 135 Å². The minimum absolute atomic E-state index is 0. The first-order valence-corrected chi connectivity index (χ1v) is 17.2. The van der Waals surface area contributed by atoms with Crippen molar-refractivity contribution in [1.29, 1.82) is 0 Å². The number of aliphatic hydroxyl groups is 2. The minimum atomic E-state index is -0.251. The quantitative estimate of drug-likeness (QED) is 0.0847. The van der Waals surface area contributed by atoms with Crippen molar-refractivity contribution in [3.8, 4) is 0 Å². The van der Waals surface area contributed by atoms with Crippen molar-refractivity contribution in [1.82, 2.24) is 0 Å². The van der Waals surface area contributed by atoms with Gasteiger partial charge in [-0.2, -0.15) is 0 Å². The Kier molecular flexibility index (Phi) is 20.3. The van der Waals surface area contributed by atoms with E-state index >= 15 is 0 Å². The Morgan fingerprint density at radius 3 is 1.13 bits per heavy atom. The Bertz CT molecular complexity index is 1230. The van der Waals surface area contributed by atoms with E-state index in [4.69, 9.17) is 27.7 Å². The third kappa shape index (κ3) is 10.6. The molecule has 6 rings (SSSR count). The molecule has 242 valence electrons. The normalized spacial score (nSPS) is 16.4. The van der Waals surface area contributed by atoms with Crippen molar-refractivity contribution in [3.63, 3.8) is 0 Å². The predicted molar refractivity (Wildman–Crippen MR) is 168 cm³/mol. The second-order valence-electron chi connectivity index (χ2n) is 11.1. The van der Waals surface area contributed by atoms with Gasteiger partial charge in [-0.3, -0.25) is 4.79 Å². The molecule has 2 aliphatic rings. The molecule has 0 bridgehead atoms. The number of alkyl halides is 2. The Hall–Kier alpha value is 0.703. The van der Waals surface area contributed by atoms with Gasteiger partial charge in [-0.05, 0) is 74.2 Å². The van der Waals surface area contributed by atoms with Crippen LogP contribution in [0.5, 0.6) is 0 Å². The molecule has 0 unspecified atom stereocenters. The molecule has 2 saturated carbocycles. The molecule has 4 heterocycles. The molecule has 0 spiro atoms. The minimum Gasteiger partial charge on any atom is -1.00 e. The summed E-state index contributed by atoms with van der Waals surface area (Å²) >= 11 is 6.92. The van der Waals surface area contributed by atoms with Crippen LogP contribution in [0.1, 0.15) is 112 Å². The molecule has 0 radical (unpaired) electrons. The SMILES string of the molecule is BrCc1ccc(C2(c3ccc(CBr)o3)CCCCC2)o1.O=CO[O-].OCc1ccc(C2(c3ccc(CO)o3)CCCCC2)o1.[H-].[K+].[K+]. The fraction of sp³-hybridized carbons (Fsp3) is 0.485. The summed E-state index contributed by atoms with van der Waals surface area (Å²) in [7, 11) is 0. The summed E-state index contributed by atoms with van der Waals surface area (Å²) in [6, 6.07) is 15.9. The van der Waals surface area contributed by atoms with Crippen molar-refractivity contribution < 1.29 is 147 Å². The van der Waals surface area contributed by atoms with Crippen LogP contribution < -0.4 is 108 Å². The molecule has 0 saturated heterocycles. The number of carbonyl (C=O) groups excluding carboxylic acids is 1. The maximum absolute atomic E-state index is 9.20. The van der Waals surface area contributed by atoms with Crippen LogP contribution >= 0.6 is 31.9 Å². The molecule has 0 amide bonds. The zero-order valence-corrected chi connectivity index (χ0v) is 36.0. The van der Waals surface area contributed by atoms with Crippen LogP contribution in [0.2, 0.25) is 0 Å². The monoisotopic (exact) mass is 816 g/mol. The number of halogens is 2. The molecule has 9 nitrogen and oxygen atoms in total. The summed E-state index contributed by atoms with van der Waals surface area (Å²) in [4.78, 5) is 11.2. The summed E-state index contributed by atoms with van der Waals surface area (Å²) in [6.07, 6.45) is 11.4. The van der Waals surface area contributed by atoms with E-state index in [1.807, 2.05) is 24.3 Å². The number of rotatable bonds is 9. The zero-order chi connectivity index (χ0) is 31.4. The maximum atomic E-state index is 9.20. The molecule has 46 heavy (non-hydrogen) atoms. The van der Waals surface area contributed by atoms with E-state index in [9.17, 15) is 10.2 Å². The third-order valence-corrected chi connectivity index (χ3v) is 9.67. The van der Waals surface area contributed by atoms with Crippen LogP contribution in [0.3, 0.4) is 0 Å². The summed E-state index contributed by atoms with van der Waals surface area (Å²) in [5, 5.41) is 28.3. The van der Waals surface area contributed by atoms with Crippen molar-refractivity contribution in [2.75, 3.05) is 0 Å². The smallest absolute Gasteiger partial charge is 1.00 e. The van der Waals surface area contributed by atoms with E-state index in [1.54, 1.807) is 0 Å². The second kappa shape index (κ2) is 21.8. The molecule has 0 aromatic carbocycles. The van der Waals surface area contributed by atoms with Crippen molar-refractivity contribution in [3.05, 3.63) is 94.6 Å². The molecular weight excluding hydrogens is 778 g/mol. The van der Waals surface area contributed by atoms with E-state index in [0.29, 0.717) is 11.5 Å². The largest absolute Gasteiger partial charge is 1.00 e. The van der Waals surface area contributed by atoms with Gasteiger partial charge in [-0.25, -0.2) is 0 Å². The van der Waals surface area contributed by atoms with Gasteiger partial charge in [0, 0.05) is 0 Å². The molecule has 0 aliphatic heterocycles. The first-order chi connectivity index (χ1) is 21.5. The average Bonchev–Trinajstić information content (AvgIpc) is 3.92. The summed E-state index contributed by atoms with van der Waals surface area (Å²) in [5.74, 6) is 6.97. The van der Waals surface area contributed by atoms with Crippen molar-refractivity contribution in [2.45, 2.75) is 98.9 Å². The average molecular weight is 819 g/mol. The molecule has 4 aromatic rings. The van der Waals surface area contributed by atoms with Gasteiger partial charge in [-0.15, -0.1) is 0 Å². The van der Waals surface area contributed by atoms with E-state index in [1.165, 1.54) is 25.7 Å². The summed E-state index contributed by atoms with van der Waals surface area (Å²) in [6.45, 7) is -0.355. The number of hydrogen-bond acceptors (Lipinski definition) is 9. The fourth-order valence-corrected chi connectivity index (χ4v) is 7.00. The van der Waals surface area contributed by atoms with Gasteiger partial charge >= 0.3 is 103 Å². The van der Waals surface area contributed by atoms with E-state index in [2.05, 4.69) is 61.0 Å². The molecule has 2 fully saturated rings. The van der Waals surface area contributed by atoms with Crippen molar-refractivity contribution in [2.24, 2.45) is 0 Å². The first kappa shape index (κ1) is 42.9. The summed E-state index contributed by atoms with van der Waals surface area (Å²) < 4.78 is 23.7. The number of aliphatic hydroxyl groups excluding tert-OH is 2. The van der Waals surface area contributed by atoms with Gasteiger partial charge in [0.25, 0.3) is 6.47 Å². The number of furan rings is 4. The Morgan fingerprint density at radius 1 is 0.630 bits per heavy atom. The number of carbonyl (C=O) groups is 1. The van der Waals surface area contributed by atoms with Crippen LogP contribution in [0.25, 0.3) is 0 Å². The second-order valence-corrected chi connectivity index (χ2v) is 12.2. The van der Waals surface area contributed by atoms with Crippen LogP contribution in [-0.4, -0.2) is 16.7 Å². The molecule has 2 aliphatic carbocycles. The number of hydrogen-bond donors (Lipinski definition) is 2. The van der Waals surface area contributed by atoms with E-state index in [0.717, 1.165) is 83.7 Å². The topological polar surface area (TPSA) is 142 Å². The van der Waals surface area contributed by atoms with Crippen LogP contribution in [-0.2, 0) is 44.4 Å². The molecular formula is C33H40Br2K2O9. The van der Waals surface area contributed by atoms with Gasteiger partial charge in [0.05, 0.1) is 21.5 Å². The first-order valence-electron chi connectivity index (χ1n) is 14.9. The third-order valence-electron chi connectivity index (χ3n) is 8.56. The van der Waals surface area contributed by atoms with Gasteiger partial charge < -0.3 is 39.5 Å². The Balaban J connectivity index is 0.000000399. The van der Waals surface area contributed by atoms with Gasteiger partial charge in [0.2, 0.25) is 0 Å². The molecule has 4 aromatic heterocycles. The fourth-order valence-electron chi connectivity index (χ4n) is 6.39. The van der Waals surface area contributed by atoms with Crippen LogP contribution in [0.4, 0.5) is 0 Å². The Morgan fingerprint density at radius 2 is 0.913 bits per heavy atom. The van der Waals surface area contributed by atoms with E-state index < -0.39 is 0 Å². The van der Waals surface area contributed by atoms with Gasteiger partial charge in [0.15, 0.2) is 0 Å². The van der Waals surface area contributed by atoms with Gasteiger partial charge in [0.1, 0.15) is 59.3 Å². The van der Waals surface area contributed by atoms with Gasteiger partial charge in [-0.1, -0.05) is 70.4 Å². The zero-order valence-electron chi connectivity index (χ0n) is 27.6. The van der Waals surface area contributed by atoms with Crippen molar-refractivity contribution >= 4 is 38.3 Å². The standard InChI is InChI=1S/C16H18Br2O2.C16H20O4.CH2O3.2K.H/c2*17-10-12-4-6-14(19-12)16(8-2-1-3-9-16)15-7-5-13(11-18)20-15;2-1-4-3;;;/h4-7H,1-3,8-11H2;4-7,17-18H,1-3,8-11H2;1,3H;;;/q;;;2*+1;-1/p-1. The maximum Gasteiger partial charge on any atom is 1.00 e. The molecule has 2 N–H and O–H groups in total. The Labute approximate surface area is 373 Å². The molecule has 0 atom stereocenters. The summed E-state index contributed by atoms with van der Waals surface area (Å²) in [5.41, 5.74) is -0.321.